The van der Waals surface area contributed by atoms with Gasteiger partial charge in [-0.05, 0) is 19.8 Å². The van der Waals surface area contributed by atoms with Crippen molar-refractivity contribution in [1.82, 2.24) is 9.62 Å². The molecule has 8 nitrogen and oxygen atoms in total. The van der Waals surface area contributed by atoms with E-state index >= 15 is 0 Å². The molecule has 1 aliphatic rings. The van der Waals surface area contributed by atoms with Gasteiger partial charge in [-0.2, -0.15) is 0 Å². The smallest absolute Gasteiger partial charge is 0.323 e. The maximum Gasteiger partial charge on any atom is 0.323 e. The number of amides is 1. The van der Waals surface area contributed by atoms with E-state index < -0.39 is 21.2 Å². The van der Waals surface area contributed by atoms with Crippen LogP contribution in [-0.2, 0) is 24.3 Å². The lowest BCUT2D eigenvalue weighted by Gasteiger charge is -2.32. The van der Waals surface area contributed by atoms with Crippen LogP contribution in [0.15, 0.2) is 0 Å². The van der Waals surface area contributed by atoms with Crippen molar-refractivity contribution in [3.63, 3.8) is 0 Å². The van der Waals surface area contributed by atoms with E-state index in [4.69, 9.17) is 9.84 Å². The third-order valence-corrected chi connectivity index (χ3v) is 5.05. The Labute approximate surface area is 118 Å². The maximum atomic E-state index is 11.8. The van der Waals surface area contributed by atoms with Crippen LogP contribution in [0.3, 0.4) is 0 Å². The van der Waals surface area contributed by atoms with Crippen molar-refractivity contribution in [1.29, 1.82) is 0 Å². The molecule has 20 heavy (non-hydrogen) atoms. The summed E-state index contributed by atoms with van der Waals surface area (Å²) in [5.74, 6) is -1.52. The van der Waals surface area contributed by atoms with E-state index in [9.17, 15) is 18.0 Å². The monoisotopic (exact) mass is 308 g/mol. The summed E-state index contributed by atoms with van der Waals surface area (Å²) in [6.45, 7) is 1.99. The van der Waals surface area contributed by atoms with Crippen molar-refractivity contribution in [2.75, 3.05) is 26.8 Å². The summed E-state index contributed by atoms with van der Waals surface area (Å²) in [6.07, 6.45) is 0.919. The Morgan fingerprint density at radius 3 is 2.40 bits per heavy atom. The minimum atomic E-state index is -3.88. The maximum absolute atomic E-state index is 11.8. The average Bonchev–Trinajstić information content (AvgIpc) is 2.38. The number of ether oxygens (including phenoxy) is 1. The predicted octanol–water partition coefficient (Wildman–Crippen LogP) is -0.984. The summed E-state index contributed by atoms with van der Waals surface area (Å²) < 4.78 is 30.7. The minimum Gasteiger partial charge on any atom is -0.480 e. The fourth-order valence-electron chi connectivity index (χ4n) is 1.93. The third kappa shape index (κ3) is 4.43. The molecule has 1 aliphatic heterocycles. The first-order valence-corrected chi connectivity index (χ1v) is 7.83. The minimum absolute atomic E-state index is 0.00639. The number of hydrogen-bond donors (Lipinski definition) is 2. The van der Waals surface area contributed by atoms with Crippen molar-refractivity contribution in [3.05, 3.63) is 0 Å². The van der Waals surface area contributed by atoms with E-state index in [1.807, 2.05) is 0 Å². The number of carboxylic acids is 1. The van der Waals surface area contributed by atoms with Gasteiger partial charge < -0.3 is 14.7 Å². The number of carboxylic acid groups (broad SMARTS) is 1. The Morgan fingerprint density at radius 1 is 1.40 bits per heavy atom. The van der Waals surface area contributed by atoms with Gasteiger partial charge in [0.15, 0.2) is 5.25 Å². The number of methoxy groups -OCH3 is 1. The van der Waals surface area contributed by atoms with Crippen molar-refractivity contribution in [3.8, 4) is 0 Å². The van der Waals surface area contributed by atoms with Gasteiger partial charge in [-0.15, -0.1) is 0 Å². The molecule has 0 saturated carbocycles. The fourth-order valence-corrected chi connectivity index (χ4v) is 3.10. The van der Waals surface area contributed by atoms with Gasteiger partial charge in [-0.25, -0.2) is 13.1 Å². The Balaban J connectivity index is 2.51. The molecule has 0 aromatic rings. The molecule has 1 atom stereocenters. The number of rotatable bonds is 6. The lowest BCUT2D eigenvalue weighted by atomic mass is 10.1. The van der Waals surface area contributed by atoms with Crippen LogP contribution in [-0.4, -0.2) is 68.4 Å². The van der Waals surface area contributed by atoms with Crippen molar-refractivity contribution in [2.24, 2.45) is 0 Å². The van der Waals surface area contributed by atoms with Crippen molar-refractivity contribution >= 4 is 21.9 Å². The highest BCUT2D eigenvalue weighted by molar-refractivity contribution is 7.90. The zero-order chi connectivity index (χ0) is 15.3. The van der Waals surface area contributed by atoms with E-state index in [2.05, 4.69) is 4.72 Å². The number of aliphatic carboxylic acids is 1. The Kier molecular flexibility index (Phi) is 5.90. The standard InChI is InChI=1S/C11H20N2O6S/c1-8(11(15)16)20(17,18)12-9-3-5-13(6-4-9)10(14)7-19-2/h8-9,12H,3-7H2,1-2H3,(H,15,16). The molecule has 9 heteroatoms. The highest BCUT2D eigenvalue weighted by Gasteiger charge is 2.32. The number of nitrogens with one attached hydrogen (secondary N) is 1. The number of hydrogen-bond acceptors (Lipinski definition) is 5. The van der Waals surface area contributed by atoms with E-state index in [0.29, 0.717) is 25.9 Å². The van der Waals surface area contributed by atoms with Crippen LogP contribution in [0, 0.1) is 0 Å². The van der Waals surface area contributed by atoms with Crippen LogP contribution in [0.5, 0.6) is 0 Å². The van der Waals surface area contributed by atoms with E-state index in [-0.39, 0.29) is 18.6 Å². The van der Waals surface area contributed by atoms with Crippen molar-refractivity contribution in [2.45, 2.75) is 31.1 Å². The van der Waals surface area contributed by atoms with E-state index in [1.165, 1.54) is 7.11 Å². The van der Waals surface area contributed by atoms with Gasteiger partial charge in [0.1, 0.15) is 6.61 Å². The largest absolute Gasteiger partial charge is 0.480 e. The molecule has 1 fully saturated rings. The summed E-state index contributed by atoms with van der Waals surface area (Å²) >= 11 is 0. The van der Waals surface area contributed by atoms with Gasteiger partial charge >= 0.3 is 5.97 Å². The predicted molar refractivity (Wildman–Crippen MR) is 70.6 cm³/mol. The molecular weight excluding hydrogens is 288 g/mol. The number of likely N-dealkylation sites (tertiary alicyclic amines) is 1. The van der Waals surface area contributed by atoms with Crippen LogP contribution in [0.4, 0.5) is 0 Å². The highest BCUT2D eigenvalue weighted by Crippen LogP contribution is 2.13. The first-order valence-electron chi connectivity index (χ1n) is 6.28. The average molecular weight is 308 g/mol. The molecule has 1 rings (SSSR count). The molecule has 0 radical (unpaired) electrons. The second-order valence-corrected chi connectivity index (χ2v) is 6.76. The van der Waals surface area contributed by atoms with E-state index in [1.54, 1.807) is 4.90 Å². The summed E-state index contributed by atoms with van der Waals surface area (Å²) in [7, 11) is -2.45. The summed E-state index contributed by atoms with van der Waals surface area (Å²) in [5.41, 5.74) is 0. The van der Waals surface area contributed by atoms with E-state index in [0.717, 1.165) is 6.92 Å². The van der Waals surface area contributed by atoms with Gasteiger partial charge in [0.05, 0.1) is 0 Å². The molecule has 116 valence electrons. The fraction of sp³-hybridized carbons (Fsp3) is 0.818. The van der Waals surface area contributed by atoms with Crippen LogP contribution >= 0.6 is 0 Å². The first kappa shape index (κ1) is 16.9. The molecule has 0 aliphatic carbocycles. The normalized spacial score (nSPS) is 18.8. The number of nitrogens with zero attached hydrogens (tertiary/aromatic N) is 1. The van der Waals surface area contributed by atoms with Gasteiger partial charge in [0.25, 0.3) is 0 Å². The molecule has 1 saturated heterocycles. The van der Waals surface area contributed by atoms with Gasteiger partial charge in [0.2, 0.25) is 15.9 Å². The first-order chi connectivity index (χ1) is 9.27. The molecule has 0 aromatic heterocycles. The zero-order valence-corrected chi connectivity index (χ0v) is 12.4. The molecule has 0 spiro atoms. The van der Waals surface area contributed by atoms with Crippen LogP contribution < -0.4 is 4.72 Å². The van der Waals surface area contributed by atoms with Gasteiger partial charge in [-0.3, -0.25) is 9.59 Å². The lowest BCUT2D eigenvalue weighted by Crippen LogP contribution is -2.49. The van der Waals surface area contributed by atoms with Gasteiger partial charge in [-0.1, -0.05) is 0 Å². The second kappa shape index (κ2) is 7.00. The third-order valence-electron chi connectivity index (χ3n) is 3.26. The number of carbonyl (C=O) groups excluding carboxylic acids is 1. The Bertz CT molecular complexity index is 456. The number of piperidine rings is 1. The summed E-state index contributed by atoms with van der Waals surface area (Å²) in [5, 5.41) is 7.24. The molecule has 1 unspecified atom stereocenters. The summed E-state index contributed by atoms with van der Waals surface area (Å²) in [6, 6.07) is -0.339. The molecular formula is C11H20N2O6S. The van der Waals surface area contributed by atoms with Crippen LogP contribution in [0.1, 0.15) is 19.8 Å². The molecule has 0 bridgehead atoms. The lowest BCUT2D eigenvalue weighted by molar-refractivity contribution is -0.136. The molecule has 0 aromatic carbocycles. The quantitative estimate of drug-likeness (QED) is 0.652. The Morgan fingerprint density at radius 2 is 1.95 bits per heavy atom. The topological polar surface area (TPSA) is 113 Å². The second-order valence-electron chi connectivity index (χ2n) is 4.73. The number of carbonyl (C=O) groups is 2. The molecule has 1 heterocycles. The molecule has 2 N–H and O–H groups in total. The zero-order valence-electron chi connectivity index (χ0n) is 11.5. The Hall–Kier alpha value is -1.19. The van der Waals surface area contributed by atoms with Crippen LogP contribution in [0.2, 0.25) is 0 Å². The highest BCUT2D eigenvalue weighted by atomic mass is 32.2. The molecule has 1 amide bonds. The van der Waals surface area contributed by atoms with Gasteiger partial charge in [0, 0.05) is 26.2 Å². The van der Waals surface area contributed by atoms with Crippen LogP contribution in [0.25, 0.3) is 0 Å². The summed E-state index contributed by atoms with van der Waals surface area (Å²) in [4.78, 5) is 23.9. The SMILES string of the molecule is COCC(=O)N1CCC(NS(=O)(=O)C(C)C(=O)O)CC1. The van der Waals surface area contributed by atoms with Crippen molar-refractivity contribution < 1.29 is 27.9 Å². The number of sulfonamides is 1.